The van der Waals surface area contributed by atoms with Gasteiger partial charge in [0, 0.05) is 28.1 Å². The number of hydrogen-bond acceptors (Lipinski definition) is 4. The van der Waals surface area contributed by atoms with E-state index in [-0.39, 0.29) is 16.9 Å². The Bertz CT molecular complexity index is 1140. The number of phenolic OH excluding ortho intramolecular Hbond substituents is 1. The number of phenols is 1. The van der Waals surface area contributed by atoms with Crippen LogP contribution < -0.4 is 0 Å². The number of aromatic hydroxyl groups is 1. The molecule has 0 saturated carbocycles. The molecular weight excluding hydrogens is 321 g/mol. The summed E-state index contributed by atoms with van der Waals surface area (Å²) in [6, 6.07) is 11.2. The highest BCUT2D eigenvalue weighted by molar-refractivity contribution is 6.02. The molecule has 0 aliphatic carbocycles. The van der Waals surface area contributed by atoms with Gasteiger partial charge in [0.1, 0.15) is 23.4 Å². The molecule has 0 spiro atoms. The van der Waals surface area contributed by atoms with Crippen molar-refractivity contribution in [1.82, 2.24) is 10.2 Å². The van der Waals surface area contributed by atoms with Gasteiger partial charge in [-0.2, -0.15) is 10.4 Å². The van der Waals surface area contributed by atoms with Gasteiger partial charge in [0.15, 0.2) is 0 Å². The van der Waals surface area contributed by atoms with Crippen LogP contribution in [0.4, 0.5) is 4.39 Å². The lowest BCUT2D eigenvalue weighted by Crippen LogP contribution is -1.94. The van der Waals surface area contributed by atoms with Crippen LogP contribution in [0.25, 0.3) is 33.4 Å². The van der Waals surface area contributed by atoms with Crippen LogP contribution in [0.3, 0.4) is 0 Å². The van der Waals surface area contributed by atoms with E-state index in [2.05, 4.69) is 16.3 Å². The van der Waals surface area contributed by atoms with Gasteiger partial charge in [0.2, 0.25) is 0 Å². The summed E-state index contributed by atoms with van der Waals surface area (Å²) in [5.74, 6) is -0.283. The number of rotatable bonds is 2. The topological polar surface area (TPSA) is 85.8 Å². The molecular formula is C19H12FN3O2. The van der Waals surface area contributed by atoms with Gasteiger partial charge in [-0.3, -0.25) is 5.10 Å². The third-order valence-corrected chi connectivity index (χ3v) is 4.16. The second kappa shape index (κ2) is 5.49. The van der Waals surface area contributed by atoms with Crippen molar-refractivity contribution in [2.75, 3.05) is 0 Å². The van der Waals surface area contributed by atoms with E-state index in [0.29, 0.717) is 22.4 Å². The van der Waals surface area contributed by atoms with Crippen LogP contribution in [-0.4, -0.2) is 15.3 Å². The Morgan fingerprint density at radius 1 is 1.24 bits per heavy atom. The molecule has 0 saturated heterocycles. The molecule has 2 N–H and O–H groups in total. The van der Waals surface area contributed by atoms with E-state index in [1.54, 1.807) is 18.2 Å². The van der Waals surface area contributed by atoms with Crippen molar-refractivity contribution in [3.05, 3.63) is 59.7 Å². The zero-order chi connectivity index (χ0) is 17.6. The third-order valence-electron chi connectivity index (χ3n) is 4.16. The van der Waals surface area contributed by atoms with Gasteiger partial charge in [-0.25, -0.2) is 4.39 Å². The number of nitriles is 1. The van der Waals surface area contributed by atoms with Crippen LogP contribution in [0, 0.1) is 24.1 Å². The molecule has 6 heteroatoms. The molecule has 4 aromatic rings. The van der Waals surface area contributed by atoms with E-state index in [1.807, 2.05) is 6.92 Å². The Morgan fingerprint density at radius 3 is 2.76 bits per heavy atom. The van der Waals surface area contributed by atoms with Crippen molar-refractivity contribution in [3.8, 4) is 34.3 Å². The number of aromatic nitrogens is 2. The van der Waals surface area contributed by atoms with Crippen LogP contribution in [-0.2, 0) is 0 Å². The van der Waals surface area contributed by atoms with E-state index < -0.39 is 5.82 Å². The molecule has 0 atom stereocenters. The summed E-state index contributed by atoms with van der Waals surface area (Å²) in [6.45, 7) is 1.83. The van der Waals surface area contributed by atoms with E-state index in [4.69, 9.17) is 4.42 Å². The molecule has 0 radical (unpaired) electrons. The van der Waals surface area contributed by atoms with Gasteiger partial charge in [0.05, 0.1) is 23.0 Å². The lowest BCUT2D eigenvalue weighted by atomic mass is 9.91. The van der Waals surface area contributed by atoms with Crippen molar-refractivity contribution in [3.63, 3.8) is 0 Å². The minimum absolute atomic E-state index is 0.176. The molecule has 4 rings (SSSR count). The Morgan fingerprint density at radius 2 is 2.08 bits per heavy atom. The first-order chi connectivity index (χ1) is 12.1. The van der Waals surface area contributed by atoms with Crippen molar-refractivity contribution < 1.29 is 13.9 Å². The number of halogens is 1. The summed E-state index contributed by atoms with van der Waals surface area (Å²) in [6.07, 6.45) is 1.52. The van der Waals surface area contributed by atoms with Gasteiger partial charge in [0.25, 0.3) is 0 Å². The fraction of sp³-hybridized carbons (Fsp3) is 0.0526. The number of nitrogens with zero attached hydrogens (tertiary/aromatic N) is 2. The molecule has 0 aliphatic rings. The molecule has 0 bridgehead atoms. The average molecular weight is 333 g/mol. The fourth-order valence-electron chi connectivity index (χ4n) is 3.07. The number of benzene rings is 2. The van der Waals surface area contributed by atoms with Gasteiger partial charge < -0.3 is 9.52 Å². The zero-order valence-electron chi connectivity index (χ0n) is 13.2. The third kappa shape index (κ3) is 2.25. The Balaban J connectivity index is 2.15. The van der Waals surface area contributed by atoms with E-state index >= 15 is 0 Å². The molecule has 0 unspecified atom stereocenters. The van der Waals surface area contributed by atoms with Crippen molar-refractivity contribution in [2.24, 2.45) is 0 Å². The summed E-state index contributed by atoms with van der Waals surface area (Å²) >= 11 is 0. The fourth-order valence-corrected chi connectivity index (χ4v) is 3.07. The molecule has 122 valence electrons. The smallest absolute Gasteiger partial charge is 0.135 e. The SMILES string of the molecule is Cc1n[nH]c2cc(-c3ccc(O)cc3F)c(C#N)c(-c3ccco3)c12. The largest absolute Gasteiger partial charge is 0.508 e. The number of nitrogens with one attached hydrogen (secondary N) is 1. The van der Waals surface area contributed by atoms with Crippen LogP contribution in [0.1, 0.15) is 11.3 Å². The van der Waals surface area contributed by atoms with Gasteiger partial charge in [-0.15, -0.1) is 0 Å². The highest BCUT2D eigenvalue weighted by atomic mass is 19.1. The highest BCUT2D eigenvalue weighted by Crippen LogP contribution is 2.40. The molecule has 2 heterocycles. The predicted molar refractivity (Wildman–Crippen MR) is 90.3 cm³/mol. The van der Waals surface area contributed by atoms with Crippen LogP contribution in [0.15, 0.2) is 47.1 Å². The molecule has 25 heavy (non-hydrogen) atoms. The second-order valence-electron chi connectivity index (χ2n) is 5.66. The molecule has 0 aliphatic heterocycles. The summed E-state index contributed by atoms with van der Waals surface area (Å²) < 4.78 is 19.9. The van der Waals surface area contributed by atoms with Crippen LogP contribution in [0.2, 0.25) is 0 Å². The van der Waals surface area contributed by atoms with Crippen molar-refractivity contribution >= 4 is 10.9 Å². The maximum absolute atomic E-state index is 14.4. The van der Waals surface area contributed by atoms with Gasteiger partial charge in [-0.05, 0) is 37.3 Å². The van der Waals surface area contributed by atoms with Crippen LogP contribution >= 0.6 is 0 Å². The lowest BCUT2D eigenvalue weighted by Gasteiger charge is -2.11. The highest BCUT2D eigenvalue weighted by Gasteiger charge is 2.22. The molecule has 0 amide bonds. The number of furan rings is 1. The lowest BCUT2D eigenvalue weighted by molar-refractivity contribution is 0.469. The Kier molecular flexibility index (Phi) is 3.29. The molecule has 2 aromatic heterocycles. The molecule has 0 fully saturated rings. The van der Waals surface area contributed by atoms with E-state index in [9.17, 15) is 14.8 Å². The number of H-pyrrole nitrogens is 1. The second-order valence-corrected chi connectivity index (χ2v) is 5.66. The first kappa shape index (κ1) is 15.0. The summed E-state index contributed by atoms with van der Waals surface area (Å²) in [5, 5.41) is 27.1. The predicted octanol–water partition coefficient (Wildman–Crippen LogP) is 4.51. The minimum Gasteiger partial charge on any atom is -0.508 e. The average Bonchev–Trinajstić information content (AvgIpc) is 3.24. The number of hydrogen-bond donors (Lipinski definition) is 2. The molecule has 2 aromatic carbocycles. The number of fused-ring (bicyclic) bond motifs is 1. The summed E-state index contributed by atoms with van der Waals surface area (Å²) in [7, 11) is 0. The van der Waals surface area contributed by atoms with E-state index in [1.165, 1.54) is 18.4 Å². The first-order valence-electron chi connectivity index (χ1n) is 7.54. The van der Waals surface area contributed by atoms with Gasteiger partial charge >= 0.3 is 0 Å². The van der Waals surface area contributed by atoms with E-state index in [0.717, 1.165) is 17.1 Å². The standard InChI is InChI=1S/C19H12FN3O2/c1-10-18-16(23-22-10)8-13(12-5-4-11(24)7-15(12)20)14(9-21)19(18)17-3-2-6-25-17/h2-8,24H,1H3,(H,22,23). The maximum atomic E-state index is 14.4. The monoisotopic (exact) mass is 333 g/mol. The number of aromatic amines is 1. The normalized spacial score (nSPS) is 10.9. The maximum Gasteiger partial charge on any atom is 0.135 e. The first-order valence-corrected chi connectivity index (χ1v) is 7.54. The Labute approximate surface area is 142 Å². The Hall–Kier alpha value is -3.59. The van der Waals surface area contributed by atoms with Crippen LogP contribution in [0.5, 0.6) is 5.75 Å². The van der Waals surface area contributed by atoms with Crippen molar-refractivity contribution in [1.29, 1.82) is 5.26 Å². The quantitative estimate of drug-likeness (QED) is 0.565. The molecule has 5 nitrogen and oxygen atoms in total. The zero-order valence-corrected chi connectivity index (χ0v) is 13.2. The van der Waals surface area contributed by atoms with Crippen molar-refractivity contribution in [2.45, 2.75) is 6.92 Å². The minimum atomic E-state index is -0.613. The summed E-state index contributed by atoms with van der Waals surface area (Å²) in [5.41, 5.74) is 2.87. The number of aryl methyl sites for hydroxylation is 1. The summed E-state index contributed by atoms with van der Waals surface area (Å²) in [4.78, 5) is 0. The van der Waals surface area contributed by atoms with Gasteiger partial charge in [-0.1, -0.05) is 0 Å².